The zero-order valence-electron chi connectivity index (χ0n) is 6.89. The third-order valence-corrected chi connectivity index (χ3v) is 3.25. The minimum atomic E-state index is 0.877. The van der Waals surface area contributed by atoms with Gasteiger partial charge in [0.2, 0.25) is 0 Å². The van der Waals surface area contributed by atoms with Crippen LogP contribution >= 0.6 is 22.6 Å². The van der Waals surface area contributed by atoms with Crippen LogP contribution in [0.2, 0.25) is 0 Å². The lowest BCUT2D eigenvalue weighted by molar-refractivity contribution is 0.602. The van der Waals surface area contributed by atoms with Crippen LogP contribution in [0.3, 0.4) is 0 Å². The highest BCUT2D eigenvalue weighted by Gasteiger charge is 2.07. The smallest absolute Gasteiger partial charge is 0.181 e. The van der Waals surface area contributed by atoms with Gasteiger partial charge in [-0.25, -0.2) is 4.98 Å². The summed E-state index contributed by atoms with van der Waals surface area (Å²) >= 11 is 2.31. The molecule has 0 unspecified atom stereocenters. The Kier molecular flexibility index (Phi) is 1.83. The van der Waals surface area contributed by atoms with Crippen LogP contribution in [0.25, 0.3) is 11.1 Å². The van der Waals surface area contributed by atoms with Gasteiger partial charge in [0.25, 0.3) is 0 Å². The third-order valence-electron chi connectivity index (χ3n) is 2.13. The lowest BCUT2D eigenvalue weighted by Gasteiger charge is -2.01. The minimum Gasteiger partial charge on any atom is -0.443 e. The van der Waals surface area contributed by atoms with Crippen LogP contribution in [0.4, 0.5) is 0 Å². The molecule has 0 radical (unpaired) electrons. The van der Waals surface area contributed by atoms with E-state index < -0.39 is 0 Å². The maximum Gasteiger partial charge on any atom is 0.181 e. The van der Waals surface area contributed by atoms with E-state index in [1.54, 1.807) is 0 Å². The van der Waals surface area contributed by atoms with Crippen LogP contribution in [-0.4, -0.2) is 4.98 Å². The SMILES string of the molecule is Cc1c(I)cc2ocnc2c1C. The van der Waals surface area contributed by atoms with E-state index in [4.69, 9.17) is 4.42 Å². The predicted molar refractivity (Wildman–Crippen MR) is 56.2 cm³/mol. The van der Waals surface area contributed by atoms with Crippen LogP contribution in [0.5, 0.6) is 0 Å². The molecule has 0 saturated carbocycles. The number of aromatic nitrogens is 1. The normalized spacial score (nSPS) is 10.9. The highest BCUT2D eigenvalue weighted by atomic mass is 127. The van der Waals surface area contributed by atoms with Crippen molar-refractivity contribution in [2.24, 2.45) is 0 Å². The number of fused-ring (bicyclic) bond motifs is 1. The number of rotatable bonds is 0. The van der Waals surface area contributed by atoms with Gasteiger partial charge >= 0.3 is 0 Å². The summed E-state index contributed by atoms with van der Waals surface area (Å²) in [4.78, 5) is 4.15. The van der Waals surface area contributed by atoms with Gasteiger partial charge in [-0.1, -0.05) is 0 Å². The zero-order valence-corrected chi connectivity index (χ0v) is 9.05. The number of hydrogen-bond donors (Lipinski definition) is 0. The van der Waals surface area contributed by atoms with Crippen molar-refractivity contribution in [1.82, 2.24) is 4.98 Å². The van der Waals surface area contributed by atoms with Gasteiger partial charge in [0, 0.05) is 3.57 Å². The molecule has 0 amide bonds. The largest absolute Gasteiger partial charge is 0.443 e. The second-order valence-corrected chi connectivity index (χ2v) is 3.97. The van der Waals surface area contributed by atoms with Crippen molar-refractivity contribution in [2.45, 2.75) is 13.8 Å². The standard InChI is InChI=1S/C9H8INO/c1-5-6(2)9-8(3-7(5)10)12-4-11-9/h3-4H,1-2H3. The summed E-state index contributed by atoms with van der Waals surface area (Å²) in [5.74, 6) is 0. The van der Waals surface area contributed by atoms with Gasteiger partial charge in [-0.3, -0.25) is 0 Å². The molecule has 62 valence electrons. The molecule has 0 atom stereocenters. The second-order valence-electron chi connectivity index (χ2n) is 2.81. The molecule has 0 bridgehead atoms. The number of oxazole rings is 1. The average Bonchev–Trinajstić information content (AvgIpc) is 2.48. The first-order valence-corrected chi connectivity index (χ1v) is 4.77. The summed E-state index contributed by atoms with van der Waals surface area (Å²) in [6.07, 6.45) is 1.49. The highest BCUT2D eigenvalue weighted by Crippen LogP contribution is 2.24. The summed E-state index contributed by atoms with van der Waals surface area (Å²) in [7, 11) is 0. The molecule has 1 aromatic heterocycles. The molecule has 2 rings (SSSR count). The van der Waals surface area contributed by atoms with Gasteiger partial charge in [-0.05, 0) is 53.6 Å². The van der Waals surface area contributed by atoms with Crippen LogP contribution in [-0.2, 0) is 0 Å². The summed E-state index contributed by atoms with van der Waals surface area (Å²) in [5.41, 5.74) is 4.36. The number of halogens is 1. The van der Waals surface area contributed by atoms with E-state index in [1.165, 1.54) is 21.1 Å². The Morgan fingerprint density at radius 1 is 1.33 bits per heavy atom. The molecule has 0 saturated heterocycles. The van der Waals surface area contributed by atoms with Crippen LogP contribution in [0.1, 0.15) is 11.1 Å². The van der Waals surface area contributed by atoms with Gasteiger partial charge in [0.15, 0.2) is 12.0 Å². The monoisotopic (exact) mass is 273 g/mol. The van der Waals surface area contributed by atoms with Gasteiger partial charge < -0.3 is 4.42 Å². The Hall–Kier alpha value is -0.580. The van der Waals surface area contributed by atoms with E-state index >= 15 is 0 Å². The fraction of sp³-hybridized carbons (Fsp3) is 0.222. The quantitative estimate of drug-likeness (QED) is 0.689. The van der Waals surface area contributed by atoms with Gasteiger partial charge in [0.1, 0.15) is 5.52 Å². The molecule has 2 aromatic rings. The van der Waals surface area contributed by atoms with E-state index in [1.807, 2.05) is 6.07 Å². The van der Waals surface area contributed by atoms with E-state index in [-0.39, 0.29) is 0 Å². The molecule has 1 heterocycles. The van der Waals surface area contributed by atoms with Crippen LogP contribution < -0.4 is 0 Å². The van der Waals surface area contributed by atoms with E-state index in [0.29, 0.717) is 0 Å². The van der Waals surface area contributed by atoms with Gasteiger partial charge in [-0.2, -0.15) is 0 Å². The van der Waals surface area contributed by atoms with Crippen molar-refractivity contribution in [1.29, 1.82) is 0 Å². The molecule has 0 N–H and O–H groups in total. The third kappa shape index (κ3) is 1.03. The molecular formula is C9H8INO. The highest BCUT2D eigenvalue weighted by molar-refractivity contribution is 14.1. The molecule has 1 aromatic carbocycles. The molecule has 0 fully saturated rings. The van der Waals surface area contributed by atoms with Gasteiger partial charge in [0.05, 0.1) is 0 Å². The molecular weight excluding hydrogens is 265 g/mol. The first kappa shape index (κ1) is 8.04. The van der Waals surface area contributed by atoms with Crippen LogP contribution in [0.15, 0.2) is 16.9 Å². The Morgan fingerprint density at radius 2 is 2.08 bits per heavy atom. The fourth-order valence-electron chi connectivity index (χ4n) is 1.22. The van der Waals surface area contributed by atoms with Crippen molar-refractivity contribution in [2.75, 3.05) is 0 Å². The van der Waals surface area contributed by atoms with Crippen molar-refractivity contribution in [3.63, 3.8) is 0 Å². The molecule has 12 heavy (non-hydrogen) atoms. The van der Waals surface area contributed by atoms with Crippen molar-refractivity contribution < 1.29 is 4.42 Å². The zero-order chi connectivity index (χ0) is 8.72. The van der Waals surface area contributed by atoms with Gasteiger partial charge in [-0.15, -0.1) is 0 Å². The minimum absolute atomic E-state index is 0.877. The first-order valence-electron chi connectivity index (χ1n) is 3.69. The number of aryl methyl sites for hydroxylation is 1. The molecule has 0 aliphatic heterocycles. The average molecular weight is 273 g/mol. The summed E-state index contributed by atoms with van der Waals surface area (Å²) in [6, 6.07) is 2.02. The Bertz CT molecular complexity index is 433. The van der Waals surface area contributed by atoms with E-state index in [0.717, 1.165) is 11.1 Å². The van der Waals surface area contributed by atoms with Crippen molar-refractivity contribution in [3.05, 3.63) is 27.2 Å². The van der Waals surface area contributed by atoms with Crippen molar-refractivity contribution >= 4 is 33.7 Å². The molecule has 0 aliphatic carbocycles. The van der Waals surface area contributed by atoms with E-state index in [2.05, 4.69) is 41.4 Å². The maximum absolute atomic E-state index is 5.22. The number of benzene rings is 1. The van der Waals surface area contributed by atoms with Crippen LogP contribution in [0, 0.1) is 17.4 Å². The number of hydrogen-bond acceptors (Lipinski definition) is 2. The predicted octanol–water partition coefficient (Wildman–Crippen LogP) is 3.05. The molecule has 0 spiro atoms. The Labute approximate surface area is 84.1 Å². The molecule has 2 nitrogen and oxygen atoms in total. The number of nitrogens with zero attached hydrogens (tertiary/aromatic N) is 1. The fourth-order valence-corrected chi connectivity index (χ4v) is 1.91. The lowest BCUT2D eigenvalue weighted by atomic mass is 10.1. The lowest BCUT2D eigenvalue weighted by Crippen LogP contribution is -1.86. The maximum atomic E-state index is 5.22. The molecule has 3 heteroatoms. The Morgan fingerprint density at radius 3 is 2.83 bits per heavy atom. The second kappa shape index (κ2) is 2.73. The van der Waals surface area contributed by atoms with E-state index in [9.17, 15) is 0 Å². The summed E-state index contributed by atoms with van der Waals surface area (Å²) in [6.45, 7) is 4.17. The first-order chi connectivity index (χ1) is 5.70. The topological polar surface area (TPSA) is 26.0 Å². The molecule has 0 aliphatic rings. The van der Waals surface area contributed by atoms with Crippen molar-refractivity contribution in [3.8, 4) is 0 Å². The Balaban J connectivity index is 2.94. The summed E-state index contributed by atoms with van der Waals surface area (Å²) < 4.78 is 6.45. The summed E-state index contributed by atoms with van der Waals surface area (Å²) in [5, 5.41) is 0.